The molecule has 1 unspecified atom stereocenters. The Morgan fingerprint density at radius 2 is 1.10 bits per heavy atom. The van der Waals surface area contributed by atoms with E-state index in [4.69, 9.17) is 25.7 Å². The zero-order chi connectivity index (χ0) is 38.3. The van der Waals surface area contributed by atoms with Crippen LogP contribution in [0.2, 0.25) is 0 Å². The molecule has 3 aromatic rings. The van der Waals surface area contributed by atoms with E-state index in [2.05, 4.69) is 92.6 Å². The zero-order valence-corrected chi connectivity index (χ0v) is 32.6. The minimum atomic E-state index is -0.555. The van der Waals surface area contributed by atoms with Crippen LogP contribution in [0.5, 0.6) is 0 Å². The molecule has 0 fully saturated rings. The number of nitrogens with one attached hydrogen (secondary N) is 3. The number of aryl methyl sites for hydroxylation is 3. The van der Waals surface area contributed by atoms with Gasteiger partial charge in [-0.15, -0.1) is 0 Å². The van der Waals surface area contributed by atoms with E-state index in [1.165, 1.54) is 29.4 Å². The molecule has 0 spiro atoms. The molecule has 51 heavy (non-hydrogen) atoms. The molecule has 0 aromatic heterocycles. The van der Waals surface area contributed by atoms with Crippen molar-refractivity contribution in [2.45, 2.75) is 75.5 Å². The van der Waals surface area contributed by atoms with Gasteiger partial charge in [0.25, 0.3) is 0 Å². The van der Waals surface area contributed by atoms with E-state index in [9.17, 15) is 0 Å². The number of ether oxygens (including phenoxy) is 2. The Balaban J connectivity index is 0.000000391. The van der Waals surface area contributed by atoms with Crippen molar-refractivity contribution < 1.29 is 9.47 Å². The second-order valence-corrected chi connectivity index (χ2v) is 12.2. The van der Waals surface area contributed by atoms with Gasteiger partial charge in [0.2, 0.25) is 12.2 Å². The second-order valence-electron chi connectivity index (χ2n) is 12.2. The Hall–Kier alpha value is -5.17. The lowest BCUT2D eigenvalue weighted by Gasteiger charge is -2.20. The SMILES string of the molecule is C=C(C=C(C)C)OC(C)OC(=N)c1c(C)cc(C)cc1C.CCN(CC)c1ccc(/C=C/C=N)cc1.CCN(CC)c1ccc(/C=C/C=N)cc1. The van der Waals surface area contributed by atoms with Crippen LogP contribution in [0.15, 0.2) is 96.8 Å². The minimum absolute atomic E-state index is 0.127. The molecule has 0 amide bonds. The average molecular weight is 692 g/mol. The Morgan fingerprint density at radius 3 is 1.43 bits per heavy atom. The fourth-order valence-electron chi connectivity index (χ4n) is 5.44. The number of allylic oxidation sites excluding steroid dienone is 4. The first-order chi connectivity index (χ1) is 24.3. The van der Waals surface area contributed by atoms with Gasteiger partial charge in [-0.2, -0.15) is 0 Å². The molecule has 7 nitrogen and oxygen atoms in total. The first-order valence-electron chi connectivity index (χ1n) is 17.7. The maximum atomic E-state index is 8.15. The van der Waals surface area contributed by atoms with E-state index >= 15 is 0 Å². The van der Waals surface area contributed by atoms with Gasteiger partial charge in [-0.25, -0.2) is 0 Å². The van der Waals surface area contributed by atoms with Crippen LogP contribution >= 0.6 is 0 Å². The summed E-state index contributed by atoms with van der Waals surface area (Å²) >= 11 is 0. The van der Waals surface area contributed by atoms with Gasteiger partial charge >= 0.3 is 0 Å². The highest BCUT2D eigenvalue weighted by Gasteiger charge is 2.14. The molecule has 3 rings (SSSR count). The van der Waals surface area contributed by atoms with Crippen molar-refractivity contribution in [3.05, 3.63) is 130 Å². The molecule has 0 bridgehead atoms. The van der Waals surface area contributed by atoms with E-state index in [1.807, 2.05) is 65.0 Å². The number of hydrogen-bond acceptors (Lipinski definition) is 7. The number of benzene rings is 3. The molecule has 0 saturated carbocycles. The van der Waals surface area contributed by atoms with Gasteiger partial charge in [-0.3, -0.25) is 5.41 Å². The molecule has 0 heterocycles. The summed E-state index contributed by atoms with van der Waals surface area (Å²) in [5, 5.41) is 22.0. The summed E-state index contributed by atoms with van der Waals surface area (Å²) in [5.74, 6) is 0.662. The quantitative estimate of drug-likeness (QED) is 0.0486. The third kappa shape index (κ3) is 16.4. The van der Waals surface area contributed by atoms with E-state index in [0.717, 1.165) is 59.6 Å². The van der Waals surface area contributed by atoms with Crippen LogP contribution in [0.4, 0.5) is 11.4 Å². The fourth-order valence-corrected chi connectivity index (χ4v) is 5.44. The summed E-state index contributed by atoms with van der Waals surface area (Å²) in [5.41, 5.74) is 9.96. The number of hydrogen-bond donors (Lipinski definition) is 3. The van der Waals surface area contributed by atoms with Crippen LogP contribution in [-0.4, -0.2) is 50.8 Å². The van der Waals surface area contributed by atoms with Crippen molar-refractivity contribution in [3.8, 4) is 0 Å². The fraction of sp³-hybridized carbons (Fsp3) is 0.341. The Labute approximate surface area is 308 Å². The summed E-state index contributed by atoms with van der Waals surface area (Å²) in [6.07, 6.45) is 11.2. The van der Waals surface area contributed by atoms with Crippen molar-refractivity contribution in [1.29, 1.82) is 16.2 Å². The van der Waals surface area contributed by atoms with E-state index in [1.54, 1.807) is 19.1 Å². The molecule has 0 aliphatic heterocycles. The summed E-state index contributed by atoms with van der Waals surface area (Å²) in [6, 6.07) is 20.9. The predicted molar refractivity (Wildman–Crippen MR) is 223 cm³/mol. The Kier molecular flexibility index (Phi) is 20.7. The van der Waals surface area contributed by atoms with Gasteiger partial charge in [0.05, 0.1) is 0 Å². The normalized spacial score (nSPS) is 10.9. The summed E-state index contributed by atoms with van der Waals surface area (Å²) in [4.78, 5) is 4.62. The highest BCUT2D eigenvalue weighted by molar-refractivity contribution is 5.94. The standard InChI is InChI=1S/C18H25NO2.2C13H18N2/c1-11(2)8-15(6)20-16(7)21-18(19)17-13(4)9-12(3)10-14(17)5;2*1-3-15(4-2)13-9-7-12(8-10-13)6-5-11-14/h8-10,16,19H,6H2,1-5,7H3;2*5-11,14H,3-4H2,1-2H3/b;2*6-5+,14-11?. The lowest BCUT2D eigenvalue weighted by molar-refractivity contribution is -0.0333. The topological polar surface area (TPSA) is 96.5 Å². The first-order valence-corrected chi connectivity index (χ1v) is 17.7. The van der Waals surface area contributed by atoms with Crippen LogP contribution < -0.4 is 9.80 Å². The van der Waals surface area contributed by atoms with Crippen LogP contribution in [0.25, 0.3) is 12.2 Å². The number of nitrogens with zero attached hydrogens (tertiary/aromatic N) is 2. The largest absolute Gasteiger partial charge is 0.456 e. The van der Waals surface area contributed by atoms with E-state index in [-0.39, 0.29) is 5.90 Å². The highest BCUT2D eigenvalue weighted by Crippen LogP contribution is 2.19. The van der Waals surface area contributed by atoms with Crippen LogP contribution in [0.3, 0.4) is 0 Å². The summed E-state index contributed by atoms with van der Waals surface area (Å²) in [6.45, 7) is 28.3. The summed E-state index contributed by atoms with van der Waals surface area (Å²) in [7, 11) is 0. The van der Waals surface area contributed by atoms with Crippen LogP contribution in [0.1, 0.15) is 81.8 Å². The lowest BCUT2D eigenvalue weighted by atomic mass is 10.00. The molecule has 1 atom stereocenters. The third-order valence-corrected chi connectivity index (χ3v) is 7.77. The minimum Gasteiger partial charge on any atom is -0.456 e. The Morgan fingerprint density at radius 1 is 0.706 bits per heavy atom. The average Bonchev–Trinajstić information content (AvgIpc) is 3.08. The van der Waals surface area contributed by atoms with Gasteiger partial charge in [-0.1, -0.05) is 66.3 Å². The van der Waals surface area contributed by atoms with Gasteiger partial charge in [0.15, 0.2) is 0 Å². The van der Waals surface area contributed by atoms with Crippen molar-refractivity contribution in [2.75, 3.05) is 36.0 Å². The van der Waals surface area contributed by atoms with Gasteiger partial charge in [-0.05, 0) is 127 Å². The van der Waals surface area contributed by atoms with E-state index in [0.29, 0.717) is 5.76 Å². The first kappa shape index (κ1) is 43.9. The highest BCUT2D eigenvalue weighted by atomic mass is 16.7. The van der Waals surface area contributed by atoms with Gasteiger partial charge in [0, 0.05) is 62.5 Å². The maximum Gasteiger partial charge on any atom is 0.240 e. The van der Waals surface area contributed by atoms with Gasteiger partial charge < -0.3 is 30.1 Å². The molecule has 0 radical (unpaired) electrons. The number of anilines is 2. The molecule has 7 heteroatoms. The molecule has 0 aliphatic carbocycles. The smallest absolute Gasteiger partial charge is 0.240 e. The van der Waals surface area contributed by atoms with Crippen molar-refractivity contribution in [2.24, 2.45) is 0 Å². The van der Waals surface area contributed by atoms with Crippen LogP contribution in [-0.2, 0) is 9.47 Å². The molecular formula is C44H61N5O2. The molecule has 3 N–H and O–H groups in total. The van der Waals surface area contributed by atoms with Crippen molar-refractivity contribution in [3.63, 3.8) is 0 Å². The van der Waals surface area contributed by atoms with Crippen molar-refractivity contribution in [1.82, 2.24) is 0 Å². The molecular weight excluding hydrogens is 631 g/mol. The second kappa shape index (κ2) is 24.1. The monoisotopic (exact) mass is 691 g/mol. The van der Waals surface area contributed by atoms with Gasteiger partial charge in [0.1, 0.15) is 5.76 Å². The van der Waals surface area contributed by atoms with Crippen molar-refractivity contribution >= 4 is 41.9 Å². The lowest BCUT2D eigenvalue weighted by Crippen LogP contribution is -2.21. The molecule has 274 valence electrons. The molecule has 0 saturated heterocycles. The Bertz CT molecular complexity index is 1510. The molecule has 0 aliphatic rings. The third-order valence-electron chi connectivity index (χ3n) is 7.77. The number of rotatable bonds is 15. The maximum absolute atomic E-state index is 8.15. The zero-order valence-electron chi connectivity index (χ0n) is 32.6. The van der Waals surface area contributed by atoms with Crippen LogP contribution in [0, 0.1) is 37.0 Å². The van der Waals surface area contributed by atoms with E-state index < -0.39 is 6.29 Å². The summed E-state index contributed by atoms with van der Waals surface area (Å²) < 4.78 is 11.1. The molecule has 3 aromatic carbocycles. The predicted octanol–water partition coefficient (Wildman–Crippen LogP) is 11.2.